The Labute approximate surface area is 193 Å². The second-order valence-electron chi connectivity index (χ2n) is 9.16. The van der Waals surface area contributed by atoms with Gasteiger partial charge in [0.25, 0.3) is 0 Å². The maximum Gasteiger partial charge on any atom is 0.407 e. The lowest BCUT2D eigenvalue weighted by Gasteiger charge is -2.26. The van der Waals surface area contributed by atoms with Gasteiger partial charge in [0.05, 0.1) is 0 Å². The number of alkyl carbamates (subject to hydrolysis) is 1. The highest BCUT2D eigenvalue weighted by molar-refractivity contribution is 5.87. The smallest absolute Gasteiger partial charge is 0.407 e. The van der Waals surface area contributed by atoms with E-state index < -0.39 is 17.6 Å². The number of rotatable bonds is 8. The van der Waals surface area contributed by atoms with Crippen molar-refractivity contribution in [1.29, 1.82) is 0 Å². The van der Waals surface area contributed by atoms with Crippen LogP contribution >= 0.6 is 0 Å². The van der Waals surface area contributed by atoms with Crippen LogP contribution in [0.2, 0.25) is 0 Å². The number of ether oxygens (including phenoxy) is 1. The van der Waals surface area contributed by atoms with Crippen molar-refractivity contribution in [2.24, 2.45) is 5.92 Å². The van der Waals surface area contributed by atoms with Crippen LogP contribution in [0, 0.1) is 5.92 Å². The molecule has 0 saturated heterocycles. The van der Waals surface area contributed by atoms with Gasteiger partial charge in [-0.15, -0.1) is 0 Å². The summed E-state index contributed by atoms with van der Waals surface area (Å²) in [6.07, 6.45) is 2.12. The Morgan fingerprint density at radius 1 is 1.03 bits per heavy atom. The SMILES string of the molecule is CC(CNC(=O)OCC1c2ccccc2-c2ccccc21)CC(=O)NC1(C(=O)O)CCCC1. The van der Waals surface area contributed by atoms with Crippen molar-refractivity contribution in [3.05, 3.63) is 59.7 Å². The number of carboxylic acids is 1. The van der Waals surface area contributed by atoms with Crippen LogP contribution < -0.4 is 10.6 Å². The van der Waals surface area contributed by atoms with Crippen molar-refractivity contribution in [3.63, 3.8) is 0 Å². The fourth-order valence-corrected chi connectivity index (χ4v) is 4.98. The minimum atomic E-state index is -1.14. The van der Waals surface area contributed by atoms with Crippen molar-refractivity contribution in [1.82, 2.24) is 10.6 Å². The van der Waals surface area contributed by atoms with Crippen LogP contribution in [0.15, 0.2) is 48.5 Å². The molecule has 2 aliphatic carbocycles. The van der Waals surface area contributed by atoms with E-state index in [-0.39, 0.29) is 37.3 Å². The second-order valence-corrected chi connectivity index (χ2v) is 9.16. The van der Waals surface area contributed by atoms with E-state index in [1.807, 2.05) is 31.2 Å². The van der Waals surface area contributed by atoms with Gasteiger partial charge in [0.2, 0.25) is 5.91 Å². The molecule has 2 amide bonds. The molecular formula is C26H30N2O5. The highest BCUT2D eigenvalue weighted by Crippen LogP contribution is 2.44. The largest absolute Gasteiger partial charge is 0.480 e. The average Bonchev–Trinajstić information content (AvgIpc) is 3.40. The lowest BCUT2D eigenvalue weighted by atomic mass is 9.96. The molecule has 33 heavy (non-hydrogen) atoms. The van der Waals surface area contributed by atoms with Crippen molar-refractivity contribution >= 4 is 18.0 Å². The molecule has 0 aliphatic heterocycles. The maximum atomic E-state index is 12.4. The molecule has 174 valence electrons. The predicted octanol–water partition coefficient (Wildman–Crippen LogP) is 4.06. The zero-order valence-electron chi connectivity index (χ0n) is 18.8. The summed E-state index contributed by atoms with van der Waals surface area (Å²) in [4.78, 5) is 36.3. The minimum Gasteiger partial charge on any atom is -0.480 e. The molecule has 0 bridgehead atoms. The van der Waals surface area contributed by atoms with Gasteiger partial charge < -0.3 is 20.5 Å². The lowest BCUT2D eigenvalue weighted by molar-refractivity contribution is -0.147. The Morgan fingerprint density at radius 3 is 2.18 bits per heavy atom. The van der Waals surface area contributed by atoms with Crippen LogP contribution in [0.4, 0.5) is 4.79 Å². The van der Waals surface area contributed by atoms with Gasteiger partial charge in [-0.2, -0.15) is 0 Å². The van der Waals surface area contributed by atoms with Gasteiger partial charge in [-0.1, -0.05) is 68.3 Å². The van der Waals surface area contributed by atoms with Gasteiger partial charge in [0.15, 0.2) is 0 Å². The summed E-state index contributed by atoms with van der Waals surface area (Å²) < 4.78 is 5.52. The topological polar surface area (TPSA) is 105 Å². The Morgan fingerprint density at radius 2 is 1.61 bits per heavy atom. The van der Waals surface area contributed by atoms with Gasteiger partial charge in [-0.3, -0.25) is 4.79 Å². The van der Waals surface area contributed by atoms with Gasteiger partial charge in [-0.25, -0.2) is 9.59 Å². The Hall–Kier alpha value is -3.35. The molecule has 2 aliphatic rings. The van der Waals surface area contributed by atoms with Crippen molar-refractivity contribution < 1.29 is 24.2 Å². The molecule has 1 atom stereocenters. The molecule has 7 heteroatoms. The first-order chi connectivity index (χ1) is 15.9. The molecule has 1 fully saturated rings. The van der Waals surface area contributed by atoms with E-state index in [4.69, 9.17) is 4.74 Å². The average molecular weight is 451 g/mol. The highest BCUT2D eigenvalue weighted by Gasteiger charge is 2.42. The molecule has 0 radical (unpaired) electrons. The summed E-state index contributed by atoms with van der Waals surface area (Å²) in [6, 6.07) is 16.3. The fourth-order valence-electron chi connectivity index (χ4n) is 4.98. The number of aliphatic carboxylic acids is 1. The summed E-state index contributed by atoms with van der Waals surface area (Å²) in [6.45, 7) is 2.34. The number of carbonyl (C=O) groups is 3. The third-order valence-electron chi connectivity index (χ3n) is 6.72. The molecule has 0 spiro atoms. The van der Waals surface area contributed by atoms with Crippen LogP contribution in [0.5, 0.6) is 0 Å². The summed E-state index contributed by atoms with van der Waals surface area (Å²) in [5, 5.41) is 14.9. The normalized spacial score (nSPS) is 17.0. The van der Waals surface area contributed by atoms with Crippen LogP contribution in [0.3, 0.4) is 0 Å². The zero-order chi connectivity index (χ0) is 23.4. The van der Waals surface area contributed by atoms with E-state index in [1.165, 1.54) is 11.1 Å². The van der Waals surface area contributed by atoms with E-state index in [0.29, 0.717) is 12.8 Å². The van der Waals surface area contributed by atoms with Gasteiger partial charge in [-0.05, 0) is 41.0 Å². The van der Waals surface area contributed by atoms with Crippen molar-refractivity contribution in [2.45, 2.75) is 50.5 Å². The molecule has 4 rings (SSSR count). The van der Waals surface area contributed by atoms with Gasteiger partial charge in [0.1, 0.15) is 12.1 Å². The van der Waals surface area contributed by atoms with Crippen LogP contribution in [0.1, 0.15) is 56.1 Å². The molecule has 2 aromatic rings. The van der Waals surface area contributed by atoms with E-state index in [2.05, 4.69) is 34.9 Å². The number of amides is 2. The highest BCUT2D eigenvalue weighted by atomic mass is 16.5. The molecule has 1 unspecified atom stereocenters. The molecule has 0 aromatic heterocycles. The first-order valence-corrected chi connectivity index (χ1v) is 11.5. The lowest BCUT2D eigenvalue weighted by Crippen LogP contribution is -2.52. The molecule has 7 nitrogen and oxygen atoms in total. The number of hydrogen-bond acceptors (Lipinski definition) is 4. The number of carboxylic acid groups (broad SMARTS) is 1. The quantitative estimate of drug-likeness (QED) is 0.562. The molecule has 2 aromatic carbocycles. The minimum absolute atomic E-state index is 0.00929. The Balaban J connectivity index is 1.25. The molecule has 0 heterocycles. The maximum absolute atomic E-state index is 12.4. The number of hydrogen-bond donors (Lipinski definition) is 3. The van der Waals surface area contributed by atoms with Crippen LogP contribution in [-0.2, 0) is 14.3 Å². The van der Waals surface area contributed by atoms with Gasteiger partial charge in [0, 0.05) is 18.9 Å². The number of benzene rings is 2. The summed E-state index contributed by atoms with van der Waals surface area (Å²) in [7, 11) is 0. The van der Waals surface area contributed by atoms with E-state index >= 15 is 0 Å². The summed E-state index contributed by atoms with van der Waals surface area (Å²) in [5.74, 6) is -1.44. The number of nitrogens with one attached hydrogen (secondary N) is 2. The van der Waals surface area contributed by atoms with Crippen LogP contribution in [0.25, 0.3) is 11.1 Å². The standard InChI is InChI=1S/C26H30N2O5/c1-17(14-23(29)28-26(24(30)31)12-6-7-13-26)15-27-25(32)33-16-22-20-10-4-2-8-18(20)19-9-3-5-11-21(19)22/h2-5,8-11,17,22H,6-7,12-16H2,1H3,(H,27,32)(H,28,29)(H,30,31). The van der Waals surface area contributed by atoms with Crippen LogP contribution in [-0.4, -0.2) is 41.8 Å². The molecule has 1 saturated carbocycles. The van der Waals surface area contributed by atoms with Crippen molar-refractivity contribution in [3.8, 4) is 11.1 Å². The number of carbonyl (C=O) groups excluding carboxylic acids is 2. The fraction of sp³-hybridized carbons (Fsp3) is 0.423. The first kappa shape index (κ1) is 22.8. The second kappa shape index (κ2) is 9.65. The summed E-state index contributed by atoms with van der Waals surface area (Å²) in [5.41, 5.74) is 3.50. The molecule has 3 N–H and O–H groups in total. The molecular weight excluding hydrogens is 420 g/mol. The Bertz CT molecular complexity index is 999. The predicted molar refractivity (Wildman–Crippen MR) is 124 cm³/mol. The third-order valence-corrected chi connectivity index (χ3v) is 6.72. The van der Waals surface area contributed by atoms with E-state index in [1.54, 1.807) is 0 Å². The Kier molecular flexibility index (Phi) is 6.67. The third kappa shape index (κ3) is 4.87. The monoisotopic (exact) mass is 450 g/mol. The van der Waals surface area contributed by atoms with E-state index in [0.717, 1.165) is 24.0 Å². The zero-order valence-corrected chi connectivity index (χ0v) is 18.8. The first-order valence-electron chi connectivity index (χ1n) is 11.5. The van der Waals surface area contributed by atoms with Gasteiger partial charge >= 0.3 is 12.1 Å². The van der Waals surface area contributed by atoms with Crippen molar-refractivity contribution in [2.75, 3.05) is 13.2 Å². The number of fused-ring (bicyclic) bond motifs is 3. The summed E-state index contributed by atoms with van der Waals surface area (Å²) >= 11 is 0. The van der Waals surface area contributed by atoms with E-state index in [9.17, 15) is 19.5 Å².